The highest BCUT2D eigenvalue weighted by molar-refractivity contribution is 7.15. The molecule has 6 rings (SSSR count). The average molecular weight is 534 g/mol. The minimum absolute atomic E-state index is 0.0883. The Morgan fingerprint density at radius 3 is 2.65 bits per heavy atom. The van der Waals surface area contributed by atoms with E-state index in [1.165, 1.54) is 4.88 Å². The number of benzene rings is 2. The molecule has 37 heavy (non-hydrogen) atoms. The number of nitrogens with one attached hydrogen (secondary N) is 1. The molecule has 188 valence electrons. The van der Waals surface area contributed by atoms with Crippen molar-refractivity contribution in [1.29, 1.82) is 0 Å². The third kappa shape index (κ3) is 4.28. The summed E-state index contributed by atoms with van der Waals surface area (Å²) < 4.78 is 15.8. The number of nitrogens with zero attached hydrogens (tertiary/aromatic N) is 4. The largest absolute Gasteiger partial charge is 0.326 e. The zero-order chi connectivity index (χ0) is 25.8. The number of aryl methyl sites for hydroxylation is 2. The van der Waals surface area contributed by atoms with E-state index in [0.717, 1.165) is 44.4 Å². The first-order valence-electron chi connectivity index (χ1n) is 12.2. The van der Waals surface area contributed by atoms with Crippen molar-refractivity contribution in [3.63, 3.8) is 0 Å². The number of amides is 1. The third-order valence-corrected chi connectivity index (χ3v) is 8.55. The van der Waals surface area contributed by atoms with Crippen LogP contribution < -0.4 is 5.32 Å². The number of hydrogen-bond acceptors (Lipinski definition) is 5. The van der Waals surface area contributed by atoms with Gasteiger partial charge < -0.3 is 5.32 Å². The van der Waals surface area contributed by atoms with Gasteiger partial charge >= 0.3 is 0 Å². The van der Waals surface area contributed by atoms with Crippen LogP contribution >= 0.6 is 22.9 Å². The van der Waals surface area contributed by atoms with E-state index in [9.17, 15) is 9.18 Å². The number of hydrogen-bond donors (Lipinski definition) is 1. The minimum Gasteiger partial charge on any atom is -0.326 e. The van der Waals surface area contributed by atoms with Gasteiger partial charge in [0.1, 0.15) is 23.0 Å². The van der Waals surface area contributed by atoms with E-state index in [0.29, 0.717) is 29.4 Å². The van der Waals surface area contributed by atoms with Crippen LogP contribution in [0.15, 0.2) is 47.5 Å². The molecule has 0 spiro atoms. The second kappa shape index (κ2) is 9.19. The molecule has 2 aromatic carbocycles. The second-order valence-electron chi connectivity index (χ2n) is 9.65. The maximum atomic E-state index is 13.8. The van der Waals surface area contributed by atoms with Gasteiger partial charge in [-0.25, -0.2) is 4.39 Å². The van der Waals surface area contributed by atoms with Crippen LogP contribution in [-0.4, -0.2) is 32.6 Å². The summed E-state index contributed by atoms with van der Waals surface area (Å²) in [6.45, 7) is 6.11. The number of anilines is 1. The van der Waals surface area contributed by atoms with Gasteiger partial charge in [-0.05, 0) is 61.7 Å². The van der Waals surface area contributed by atoms with Crippen LogP contribution in [0.5, 0.6) is 0 Å². The van der Waals surface area contributed by atoms with Crippen LogP contribution in [0.4, 0.5) is 10.1 Å². The second-order valence-corrected chi connectivity index (χ2v) is 11.3. The van der Waals surface area contributed by atoms with Gasteiger partial charge in [0.2, 0.25) is 5.91 Å². The molecule has 0 radical (unpaired) electrons. The molecule has 0 saturated heterocycles. The minimum atomic E-state index is -0.851. The molecule has 2 aromatic heterocycles. The Labute approximate surface area is 223 Å². The van der Waals surface area contributed by atoms with Crippen LogP contribution in [0.1, 0.15) is 56.8 Å². The van der Waals surface area contributed by atoms with Crippen molar-refractivity contribution in [2.24, 2.45) is 4.99 Å². The molecule has 3 heterocycles. The molecule has 4 aromatic rings. The fraction of sp³-hybridized carbons (Fsp3) is 0.286. The smallest absolute Gasteiger partial charge is 0.227 e. The van der Waals surface area contributed by atoms with E-state index in [1.54, 1.807) is 11.3 Å². The Bertz CT molecular complexity index is 1570. The Morgan fingerprint density at radius 1 is 1.11 bits per heavy atom. The van der Waals surface area contributed by atoms with Gasteiger partial charge in [-0.1, -0.05) is 29.8 Å². The van der Waals surface area contributed by atoms with Crippen molar-refractivity contribution >= 4 is 40.2 Å². The zero-order valence-electron chi connectivity index (χ0n) is 20.7. The molecule has 2 atom stereocenters. The van der Waals surface area contributed by atoms with Crippen LogP contribution in [0, 0.1) is 20.8 Å². The van der Waals surface area contributed by atoms with Gasteiger partial charge in [-0.2, -0.15) is 0 Å². The van der Waals surface area contributed by atoms with Crippen LogP contribution in [0.2, 0.25) is 5.02 Å². The molecule has 2 aliphatic rings. The van der Waals surface area contributed by atoms with E-state index >= 15 is 0 Å². The summed E-state index contributed by atoms with van der Waals surface area (Å²) in [6, 6.07) is 12.7. The number of aromatic nitrogens is 3. The standard InChI is InChI=1S/C28H25ClFN5OS/c1-14-15(2)37-28-25(14)26(17-4-7-20(29)8-5-17)32-23(27-34-33-16(3)35(27)28)13-24(36)31-22-9-6-18-10-21(30)11-19(18)12-22/h4-9,12,21,23H,10-11,13H2,1-3H3,(H,31,36)/t21-,23+/m1/s1. The number of carbonyl (C=O) groups excluding carboxylic acids is 1. The molecular weight excluding hydrogens is 509 g/mol. The van der Waals surface area contributed by atoms with Crippen LogP contribution in [-0.2, 0) is 17.6 Å². The maximum Gasteiger partial charge on any atom is 0.227 e. The first-order valence-corrected chi connectivity index (χ1v) is 13.4. The van der Waals surface area contributed by atoms with Crippen LogP contribution in [0.25, 0.3) is 5.00 Å². The number of fused-ring (bicyclic) bond motifs is 4. The van der Waals surface area contributed by atoms with Crippen molar-refractivity contribution < 1.29 is 9.18 Å². The summed E-state index contributed by atoms with van der Waals surface area (Å²) in [4.78, 5) is 19.6. The highest BCUT2D eigenvalue weighted by Gasteiger charge is 2.32. The maximum absolute atomic E-state index is 13.8. The van der Waals surface area contributed by atoms with E-state index < -0.39 is 12.2 Å². The van der Waals surface area contributed by atoms with Gasteiger partial charge in [-0.3, -0.25) is 14.4 Å². The number of rotatable bonds is 4. The molecule has 0 bridgehead atoms. The third-order valence-electron chi connectivity index (χ3n) is 7.11. The van der Waals surface area contributed by atoms with E-state index in [4.69, 9.17) is 16.6 Å². The van der Waals surface area contributed by atoms with Crippen molar-refractivity contribution in [3.05, 3.63) is 91.8 Å². The van der Waals surface area contributed by atoms with E-state index in [2.05, 4.69) is 29.4 Å². The lowest BCUT2D eigenvalue weighted by Crippen LogP contribution is -2.17. The summed E-state index contributed by atoms with van der Waals surface area (Å²) in [5, 5.41) is 13.4. The SMILES string of the molecule is Cc1sc2c(c1C)C(c1ccc(Cl)cc1)=N[C@@H](CC(=O)Nc1ccc3c(c1)C[C@H](F)C3)c1nnc(C)n1-2. The number of thiophene rings is 1. The van der Waals surface area contributed by atoms with Gasteiger partial charge in [-0.15, -0.1) is 21.5 Å². The monoisotopic (exact) mass is 533 g/mol. The molecule has 0 fully saturated rings. The summed E-state index contributed by atoms with van der Waals surface area (Å²) in [5.41, 5.74) is 6.52. The highest BCUT2D eigenvalue weighted by atomic mass is 35.5. The van der Waals surface area contributed by atoms with Crippen LogP contribution in [0.3, 0.4) is 0 Å². The molecular formula is C28H25ClFN5OS. The van der Waals surface area contributed by atoms with E-state index in [1.807, 2.05) is 54.0 Å². The lowest BCUT2D eigenvalue weighted by atomic mass is 9.99. The first kappa shape index (κ1) is 24.0. The molecule has 1 aliphatic heterocycles. The predicted octanol–water partition coefficient (Wildman–Crippen LogP) is 6.27. The van der Waals surface area contributed by atoms with Gasteiger partial charge in [0, 0.05) is 39.6 Å². The highest BCUT2D eigenvalue weighted by Crippen LogP contribution is 2.39. The summed E-state index contributed by atoms with van der Waals surface area (Å²) >= 11 is 7.85. The summed E-state index contributed by atoms with van der Waals surface area (Å²) in [7, 11) is 0. The number of aliphatic imine (C=N–C) groups is 1. The summed E-state index contributed by atoms with van der Waals surface area (Å²) in [5.74, 6) is 1.19. The normalized spacial score (nSPS) is 18.0. The number of carbonyl (C=O) groups is 1. The quantitative estimate of drug-likeness (QED) is 0.336. The molecule has 1 N–H and O–H groups in total. The molecule has 0 unspecified atom stereocenters. The molecule has 6 nitrogen and oxygen atoms in total. The average Bonchev–Trinajstić information content (AvgIpc) is 3.48. The molecule has 1 aliphatic carbocycles. The predicted molar refractivity (Wildman–Crippen MR) is 145 cm³/mol. The number of alkyl halides is 1. The topological polar surface area (TPSA) is 72.2 Å². The summed E-state index contributed by atoms with van der Waals surface area (Å²) in [6.07, 6.45) is 0.0623. The zero-order valence-corrected chi connectivity index (χ0v) is 22.3. The fourth-order valence-corrected chi connectivity index (χ4v) is 6.50. The Hall–Kier alpha value is -3.36. The van der Waals surface area contributed by atoms with Gasteiger partial charge in [0.05, 0.1) is 12.1 Å². The van der Waals surface area contributed by atoms with E-state index in [-0.39, 0.29) is 12.3 Å². The Balaban J connectivity index is 1.39. The van der Waals surface area contributed by atoms with Crippen molar-refractivity contribution in [3.8, 4) is 5.00 Å². The van der Waals surface area contributed by atoms with Crippen molar-refractivity contribution in [1.82, 2.24) is 14.8 Å². The van der Waals surface area contributed by atoms with Gasteiger partial charge in [0.25, 0.3) is 0 Å². The lowest BCUT2D eigenvalue weighted by Gasteiger charge is -2.13. The molecule has 0 saturated carbocycles. The Kier molecular flexibility index (Phi) is 5.96. The molecule has 9 heteroatoms. The van der Waals surface area contributed by atoms with Gasteiger partial charge in [0.15, 0.2) is 5.82 Å². The van der Waals surface area contributed by atoms with Crippen molar-refractivity contribution in [2.75, 3.05) is 5.32 Å². The first-order chi connectivity index (χ1) is 17.8. The molecule has 1 amide bonds. The Morgan fingerprint density at radius 2 is 1.86 bits per heavy atom. The van der Waals surface area contributed by atoms with Crippen molar-refractivity contribution in [2.45, 2.75) is 52.2 Å². The fourth-order valence-electron chi connectivity index (χ4n) is 5.16. The number of halogens is 2. The lowest BCUT2D eigenvalue weighted by molar-refractivity contribution is -0.116.